The summed E-state index contributed by atoms with van der Waals surface area (Å²) in [6.45, 7) is 3.78. The molecule has 86 valence electrons. The summed E-state index contributed by atoms with van der Waals surface area (Å²) in [5.41, 5.74) is 5.35. The molecule has 0 bridgehead atoms. The molecule has 0 aromatic heterocycles. The van der Waals surface area contributed by atoms with Crippen molar-refractivity contribution in [2.45, 2.75) is 19.3 Å². The minimum atomic E-state index is 0.355. The van der Waals surface area contributed by atoms with E-state index in [4.69, 9.17) is 10.5 Å². The first-order valence-electron chi connectivity index (χ1n) is 5.88. The lowest BCUT2D eigenvalue weighted by atomic mass is 10.1. The Hall–Kier alpha value is -0.610. The summed E-state index contributed by atoms with van der Waals surface area (Å²) in [6.07, 6.45) is 3.29. The normalized spacial score (nSPS) is 25.9. The van der Waals surface area contributed by atoms with Crippen LogP contribution in [0.25, 0.3) is 0 Å². The van der Waals surface area contributed by atoms with Gasteiger partial charge in [0.2, 0.25) is 5.91 Å². The first-order chi connectivity index (χ1) is 7.31. The van der Waals surface area contributed by atoms with Crippen LogP contribution in [0.4, 0.5) is 0 Å². The fourth-order valence-corrected chi connectivity index (χ4v) is 2.09. The number of likely N-dealkylation sites (tertiary alicyclic amines) is 1. The average Bonchev–Trinajstić information content (AvgIpc) is 2.98. The molecular weight excluding hydrogens is 192 g/mol. The highest BCUT2D eigenvalue weighted by Crippen LogP contribution is 2.32. The van der Waals surface area contributed by atoms with Crippen LogP contribution in [-0.4, -0.2) is 43.7 Å². The number of amides is 1. The van der Waals surface area contributed by atoms with Crippen LogP contribution < -0.4 is 5.73 Å². The van der Waals surface area contributed by atoms with E-state index in [1.807, 2.05) is 4.90 Å². The maximum absolute atomic E-state index is 11.7. The summed E-state index contributed by atoms with van der Waals surface area (Å²) in [6, 6.07) is 0. The molecule has 2 rings (SSSR count). The van der Waals surface area contributed by atoms with E-state index in [9.17, 15) is 4.79 Å². The van der Waals surface area contributed by atoms with Gasteiger partial charge in [-0.15, -0.1) is 0 Å². The van der Waals surface area contributed by atoms with Crippen molar-refractivity contribution in [1.82, 2.24) is 4.90 Å². The van der Waals surface area contributed by atoms with Crippen molar-refractivity contribution in [1.29, 1.82) is 0 Å². The highest BCUT2D eigenvalue weighted by Gasteiger charge is 2.36. The van der Waals surface area contributed by atoms with Gasteiger partial charge in [0.05, 0.1) is 13.2 Å². The third kappa shape index (κ3) is 2.92. The predicted octanol–water partition coefficient (Wildman–Crippen LogP) is 0.220. The van der Waals surface area contributed by atoms with E-state index < -0.39 is 0 Å². The van der Waals surface area contributed by atoms with Gasteiger partial charge in [-0.1, -0.05) is 0 Å². The van der Waals surface area contributed by atoms with E-state index in [0.29, 0.717) is 30.9 Å². The Labute approximate surface area is 90.8 Å². The zero-order chi connectivity index (χ0) is 10.7. The van der Waals surface area contributed by atoms with E-state index in [1.54, 1.807) is 0 Å². The standard InChI is InChI=1S/C11H20N2O2/c12-4-6-15-8-9-3-5-13(7-9)11(14)10-1-2-10/h9-10H,1-8,12H2. The van der Waals surface area contributed by atoms with E-state index in [1.165, 1.54) is 0 Å². The maximum Gasteiger partial charge on any atom is 0.225 e. The Balaban J connectivity index is 1.67. The van der Waals surface area contributed by atoms with Crippen LogP contribution in [0.15, 0.2) is 0 Å². The number of rotatable bonds is 5. The molecule has 1 unspecified atom stereocenters. The second-order valence-corrected chi connectivity index (χ2v) is 4.58. The quantitative estimate of drug-likeness (QED) is 0.663. The molecule has 0 radical (unpaired) electrons. The lowest BCUT2D eigenvalue weighted by Gasteiger charge is -2.16. The van der Waals surface area contributed by atoms with E-state index in [2.05, 4.69) is 0 Å². The van der Waals surface area contributed by atoms with Gasteiger partial charge < -0.3 is 15.4 Å². The Bertz CT molecular complexity index is 229. The predicted molar refractivity (Wildman–Crippen MR) is 57.3 cm³/mol. The molecule has 1 amide bonds. The second kappa shape index (κ2) is 4.94. The van der Waals surface area contributed by atoms with Gasteiger partial charge in [0.15, 0.2) is 0 Å². The van der Waals surface area contributed by atoms with Crippen molar-refractivity contribution in [3.05, 3.63) is 0 Å². The van der Waals surface area contributed by atoms with E-state index >= 15 is 0 Å². The monoisotopic (exact) mass is 212 g/mol. The van der Waals surface area contributed by atoms with Gasteiger partial charge in [0, 0.05) is 31.5 Å². The van der Waals surface area contributed by atoms with Crippen LogP contribution in [0, 0.1) is 11.8 Å². The average molecular weight is 212 g/mol. The Morgan fingerprint density at radius 1 is 1.40 bits per heavy atom. The molecule has 1 saturated carbocycles. The van der Waals surface area contributed by atoms with Crippen LogP contribution in [0.5, 0.6) is 0 Å². The number of carbonyl (C=O) groups excluding carboxylic acids is 1. The van der Waals surface area contributed by atoms with Crippen LogP contribution in [0.3, 0.4) is 0 Å². The minimum Gasteiger partial charge on any atom is -0.380 e. The molecule has 0 aromatic carbocycles. The molecule has 15 heavy (non-hydrogen) atoms. The largest absolute Gasteiger partial charge is 0.380 e. The highest BCUT2D eigenvalue weighted by atomic mass is 16.5. The van der Waals surface area contributed by atoms with Crippen molar-refractivity contribution in [3.63, 3.8) is 0 Å². The third-order valence-corrected chi connectivity index (χ3v) is 3.14. The molecule has 1 heterocycles. The van der Waals surface area contributed by atoms with Crippen molar-refractivity contribution >= 4 is 5.91 Å². The Morgan fingerprint density at radius 3 is 2.87 bits per heavy atom. The molecule has 2 N–H and O–H groups in total. The molecule has 0 aromatic rings. The summed E-state index contributed by atoms with van der Waals surface area (Å²) in [7, 11) is 0. The molecule has 4 nitrogen and oxygen atoms in total. The molecule has 1 saturated heterocycles. The summed E-state index contributed by atoms with van der Waals surface area (Å²) in [5.74, 6) is 1.25. The first kappa shape index (κ1) is 10.9. The molecular formula is C11H20N2O2. The molecule has 1 aliphatic carbocycles. The van der Waals surface area contributed by atoms with Gasteiger partial charge in [-0.2, -0.15) is 0 Å². The van der Waals surface area contributed by atoms with E-state index in [-0.39, 0.29) is 0 Å². The number of carbonyl (C=O) groups is 1. The first-order valence-corrected chi connectivity index (χ1v) is 5.88. The Morgan fingerprint density at radius 2 is 2.20 bits per heavy atom. The summed E-state index contributed by atoms with van der Waals surface area (Å²) >= 11 is 0. The van der Waals surface area contributed by atoms with Gasteiger partial charge in [0.1, 0.15) is 0 Å². The fraction of sp³-hybridized carbons (Fsp3) is 0.909. The lowest BCUT2D eigenvalue weighted by Crippen LogP contribution is -2.30. The number of nitrogens with zero attached hydrogens (tertiary/aromatic N) is 1. The SMILES string of the molecule is NCCOCC1CCN(C(=O)C2CC2)C1. The summed E-state index contributed by atoms with van der Waals surface area (Å²) in [5, 5.41) is 0. The third-order valence-electron chi connectivity index (χ3n) is 3.14. The van der Waals surface area contributed by atoms with Gasteiger partial charge in [-0.3, -0.25) is 4.79 Å². The number of hydrogen-bond acceptors (Lipinski definition) is 3. The van der Waals surface area contributed by atoms with E-state index in [0.717, 1.165) is 39.0 Å². The zero-order valence-corrected chi connectivity index (χ0v) is 9.15. The molecule has 4 heteroatoms. The van der Waals surface area contributed by atoms with Crippen molar-refractivity contribution < 1.29 is 9.53 Å². The lowest BCUT2D eigenvalue weighted by molar-refractivity contribution is -0.131. The van der Waals surface area contributed by atoms with Gasteiger partial charge in [-0.05, 0) is 19.3 Å². The van der Waals surface area contributed by atoms with Crippen molar-refractivity contribution in [3.8, 4) is 0 Å². The van der Waals surface area contributed by atoms with Crippen LogP contribution >= 0.6 is 0 Å². The number of nitrogens with two attached hydrogens (primary N) is 1. The molecule has 1 atom stereocenters. The zero-order valence-electron chi connectivity index (χ0n) is 9.15. The molecule has 2 fully saturated rings. The number of hydrogen-bond donors (Lipinski definition) is 1. The van der Waals surface area contributed by atoms with Gasteiger partial charge >= 0.3 is 0 Å². The molecule has 1 aliphatic heterocycles. The Kier molecular flexibility index (Phi) is 3.59. The van der Waals surface area contributed by atoms with Crippen LogP contribution in [-0.2, 0) is 9.53 Å². The van der Waals surface area contributed by atoms with Crippen LogP contribution in [0.2, 0.25) is 0 Å². The number of ether oxygens (including phenoxy) is 1. The minimum absolute atomic E-state index is 0.355. The van der Waals surface area contributed by atoms with Gasteiger partial charge in [0.25, 0.3) is 0 Å². The summed E-state index contributed by atoms with van der Waals surface area (Å²) < 4.78 is 5.41. The topological polar surface area (TPSA) is 55.6 Å². The van der Waals surface area contributed by atoms with Crippen LogP contribution in [0.1, 0.15) is 19.3 Å². The van der Waals surface area contributed by atoms with Gasteiger partial charge in [-0.25, -0.2) is 0 Å². The smallest absolute Gasteiger partial charge is 0.225 e. The maximum atomic E-state index is 11.7. The van der Waals surface area contributed by atoms with Crippen molar-refractivity contribution in [2.75, 3.05) is 32.8 Å². The summed E-state index contributed by atoms with van der Waals surface area (Å²) in [4.78, 5) is 13.8. The highest BCUT2D eigenvalue weighted by molar-refractivity contribution is 5.81. The second-order valence-electron chi connectivity index (χ2n) is 4.58. The molecule has 2 aliphatic rings. The molecule has 0 spiro atoms. The van der Waals surface area contributed by atoms with Crippen molar-refractivity contribution in [2.24, 2.45) is 17.6 Å². The fourth-order valence-electron chi connectivity index (χ4n) is 2.09.